The molecule has 0 radical (unpaired) electrons. The summed E-state index contributed by atoms with van der Waals surface area (Å²) in [5.74, 6) is 0. The summed E-state index contributed by atoms with van der Waals surface area (Å²) >= 11 is 9.00. The summed E-state index contributed by atoms with van der Waals surface area (Å²) in [5, 5.41) is 11.6. The highest BCUT2D eigenvalue weighted by Crippen LogP contribution is 2.27. The maximum atomic E-state index is 10.6. The van der Waals surface area contributed by atoms with Crippen LogP contribution in [0.4, 0.5) is 5.69 Å². The van der Waals surface area contributed by atoms with E-state index in [1.807, 2.05) is 0 Å². The van der Waals surface area contributed by atoms with Crippen molar-refractivity contribution in [2.75, 3.05) is 0 Å². The minimum Gasteiger partial charge on any atom is -0.258 e. The third-order valence-corrected chi connectivity index (χ3v) is 2.71. The van der Waals surface area contributed by atoms with E-state index < -0.39 is 4.92 Å². The fourth-order valence-electron chi connectivity index (χ4n) is 0.984. The van der Waals surface area contributed by atoms with Crippen molar-refractivity contribution < 1.29 is 4.92 Å². The van der Waals surface area contributed by atoms with Gasteiger partial charge in [-0.1, -0.05) is 27.5 Å². The normalized spacial score (nSPS) is 10.1. The zero-order chi connectivity index (χ0) is 10.0. The van der Waals surface area contributed by atoms with Gasteiger partial charge in [0.2, 0.25) is 0 Å². The molecule has 1 rings (SSSR count). The van der Waals surface area contributed by atoms with Crippen LogP contribution in [-0.4, -0.2) is 4.92 Å². The van der Waals surface area contributed by atoms with E-state index >= 15 is 0 Å². The number of aryl methyl sites for hydroxylation is 1. The zero-order valence-corrected chi connectivity index (χ0v) is 9.22. The van der Waals surface area contributed by atoms with E-state index in [0.29, 0.717) is 15.9 Å². The predicted octanol–water partition coefficient (Wildman–Crippen LogP) is 3.45. The summed E-state index contributed by atoms with van der Waals surface area (Å²) in [6, 6.07) is 3.10. The van der Waals surface area contributed by atoms with E-state index in [0.717, 1.165) is 5.56 Å². The van der Waals surface area contributed by atoms with Crippen LogP contribution in [0, 0.1) is 17.0 Å². The Labute approximate surface area is 89.0 Å². The van der Waals surface area contributed by atoms with Crippen LogP contribution in [-0.2, 0) is 5.33 Å². The molecule has 0 bridgehead atoms. The molecule has 0 aromatic heterocycles. The number of nitro groups is 1. The summed E-state index contributed by atoms with van der Waals surface area (Å²) in [4.78, 5) is 10.2. The molecule has 0 saturated carbocycles. The molecule has 0 amide bonds. The van der Waals surface area contributed by atoms with Crippen molar-refractivity contribution in [1.29, 1.82) is 0 Å². The van der Waals surface area contributed by atoms with E-state index in [1.54, 1.807) is 13.0 Å². The highest BCUT2D eigenvalue weighted by Gasteiger charge is 2.14. The van der Waals surface area contributed by atoms with Gasteiger partial charge in [0.15, 0.2) is 0 Å². The van der Waals surface area contributed by atoms with E-state index in [1.165, 1.54) is 6.07 Å². The third kappa shape index (κ3) is 2.19. The second kappa shape index (κ2) is 4.07. The maximum Gasteiger partial charge on any atom is 0.273 e. The zero-order valence-electron chi connectivity index (χ0n) is 6.88. The Morgan fingerprint density at radius 3 is 2.69 bits per heavy atom. The van der Waals surface area contributed by atoms with Crippen molar-refractivity contribution in [3.05, 3.63) is 38.4 Å². The van der Waals surface area contributed by atoms with Crippen molar-refractivity contribution in [1.82, 2.24) is 0 Å². The van der Waals surface area contributed by atoms with E-state index in [4.69, 9.17) is 11.6 Å². The number of nitro benzene ring substituents is 1. The number of hydrogen-bond donors (Lipinski definition) is 0. The van der Waals surface area contributed by atoms with Gasteiger partial charge < -0.3 is 0 Å². The van der Waals surface area contributed by atoms with Crippen LogP contribution >= 0.6 is 27.5 Å². The Kier molecular flexibility index (Phi) is 3.27. The van der Waals surface area contributed by atoms with Gasteiger partial charge in [0.05, 0.1) is 4.92 Å². The molecule has 0 saturated heterocycles. The molecule has 0 atom stereocenters. The van der Waals surface area contributed by atoms with Gasteiger partial charge in [-0.2, -0.15) is 0 Å². The van der Waals surface area contributed by atoms with Crippen LogP contribution in [0.2, 0.25) is 5.02 Å². The van der Waals surface area contributed by atoms with Crippen LogP contribution in [0.3, 0.4) is 0 Å². The van der Waals surface area contributed by atoms with Crippen LogP contribution < -0.4 is 0 Å². The first-order valence-electron chi connectivity index (χ1n) is 3.55. The lowest BCUT2D eigenvalue weighted by atomic mass is 10.1. The molecule has 0 unspecified atom stereocenters. The Morgan fingerprint density at radius 1 is 1.62 bits per heavy atom. The number of alkyl halides is 1. The van der Waals surface area contributed by atoms with Gasteiger partial charge in [-0.25, -0.2) is 0 Å². The minimum absolute atomic E-state index is 0.110. The van der Waals surface area contributed by atoms with Gasteiger partial charge in [0.1, 0.15) is 0 Å². The standard InChI is InChI=1S/C8H7BrClNO2/c1-5-2-8(11(12)13)6(4-9)3-7(5)10/h2-3H,4H2,1H3. The average Bonchev–Trinajstić information content (AvgIpc) is 2.08. The molecule has 13 heavy (non-hydrogen) atoms. The molecule has 0 aliphatic heterocycles. The minimum atomic E-state index is -0.403. The van der Waals surface area contributed by atoms with Gasteiger partial charge in [0, 0.05) is 22.0 Å². The molecule has 1 aromatic carbocycles. The van der Waals surface area contributed by atoms with Gasteiger partial charge in [0.25, 0.3) is 5.69 Å². The first kappa shape index (κ1) is 10.5. The summed E-state index contributed by atoms with van der Waals surface area (Å²) in [7, 11) is 0. The van der Waals surface area contributed by atoms with Crippen molar-refractivity contribution in [2.24, 2.45) is 0 Å². The molecule has 5 heteroatoms. The third-order valence-electron chi connectivity index (χ3n) is 1.70. The summed E-state index contributed by atoms with van der Waals surface area (Å²) in [5.41, 5.74) is 1.43. The monoisotopic (exact) mass is 263 g/mol. The summed E-state index contributed by atoms with van der Waals surface area (Å²) in [6.07, 6.45) is 0. The SMILES string of the molecule is Cc1cc([N+](=O)[O-])c(CBr)cc1Cl. The van der Waals surface area contributed by atoms with Gasteiger partial charge in [-0.05, 0) is 18.6 Å². The first-order chi connectivity index (χ1) is 6.06. The highest BCUT2D eigenvalue weighted by molar-refractivity contribution is 9.08. The molecule has 70 valence electrons. The van der Waals surface area contributed by atoms with Gasteiger partial charge in [-0.3, -0.25) is 10.1 Å². The van der Waals surface area contributed by atoms with Crippen LogP contribution in [0.25, 0.3) is 0 Å². The smallest absolute Gasteiger partial charge is 0.258 e. The maximum absolute atomic E-state index is 10.6. The second-order valence-electron chi connectivity index (χ2n) is 2.62. The van der Waals surface area contributed by atoms with E-state index in [2.05, 4.69) is 15.9 Å². The fourth-order valence-corrected chi connectivity index (χ4v) is 1.62. The van der Waals surface area contributed by atoms with Crippen LogP contribution in [0.1, 0.15) is 11.1 Å². The van der Waals surface area contributed by atoms with E-state index in [9.17, 15) is 10.1 Å². The van der Waals surface area contributed by atoms with Gasteiger partial charge >= 0.3 is 0 Å². The Morgan fingerprint density at radius 2 is 2.23 bits per heavy atom. The first-order valence-corrected chi connectivity index (χ1v) is 5.05. The molecule has 1 aromatic rings. The Balaban J connectivity index is 3.33. The molecule has 0 heterocycles. The van der Waals surface area contributed by atoms with Crippen molar-refractivity contribution in [3.63, 3.8) is 0 Å². The lowest BCUT2D eigenvalue weighted by molar-refractivity contribution is -0.385. The Hall–Kier alpha value is -0.610. The van der Waals surface area contributed by atoms with Crippen LogP contribution in [0.15, 0.2) is 12.1 Å². The highest BCUT2D eigenvalue weighted by atomic mass is 79.9. The molecule has 0 fully saturated rings. The number of rotatable bonds is 2. The average molecular weight is 265 g/mol. The largest absolute Gasteiger partial charge is 0.273 e. The molecule has 0 aliphatic carbocycles. The number of nitrogens with zero attached hydrogens (tertiary/aromatic N) is 1. The van der Waals surface area contributed by atoms with E-state index in [-0.39, 0.29) is 5.69 Å². The van der Waals surface area contributed by atoms with Crippen molar-refractivity contribution in [3.8, 4) is 0 Å². The lowest BCUT2D eigenvalue weighted by Gasteiger charge is -2.02. The molecular weight excluding hydrogens is 257 g/mol. The van der Waals surface area contributed by atoms with Crippen molar-refractivity contribution in [2.45, 2.75) is 12.3 Å². The molecule has 0 aliphatic rings. The second-order valence-corrected chi connectivity index (χ2v) is 3.59. The summed E-state index contributed by atoms with van der Waals surface area (Å²) in [6.45, 7) is 1.74. The number of benzene rings is 1. The molecular formula is C8H7BrClNO2. The quantitative estimate of drug-likeness (QED) is 0.466. The molecule has 3 nitrogen and oxygen atoms in total. The molecule has 0 N–H and O–H groups in total. The van der Waals surface area contributed by atoms with Gasteiger partial charge in [-0.15, -0.1) is 0 Å². The lowest BCUT2D eigenvalue weighted by Crippen LogP contribution is -1.94. The summed E-state index contributed by atoms with van der Waals surface area (Å²) < 4.78 is 0. The Bertz CT molecular complexity index is 354. The fraction of sp³-hybridized carbons (Fsp3) is 0.250. The number of hydrogen-bond acceptors (Lipinski definition) is 2. The topological polar surface area (TPSA) is 43.1 Å². The predicted molar refractivity (Wildman–Crippen MR) is 55.5 cm³/mol. The molecule has 0 spiro atoms. The van der Waals surface area contributed by atoms with Crippen LogP contribution in [0.5, 0.6) is 0 Å². The van der Waals surface area contributed by atoms with Crippen molar-refractivity contribution >= 4 is 33.2 Å². The number of halogens is 2.